The number of hydrogen-bond acceptors (Lipinski definition) is 7. The molecule has 0 unspecified atom stereocenters. The van der Waals surface area contributed by atoms with Gasteiger partial charge in [-0.05, 0) is 109 Å². The van der Waals surface area contributed by atoms with Gasteiger partial charge in [-0.25, -0.2) is 18.6 Å². The van der Waals surface area contributed by atoms with E-state index in [1.807, 2.05) is 0 Å². The van der Waals surface area contributed by atoms with Gasteiger partial charge in [-0.2, -0.15) is 4.98 Å². The fourth-order valence-electron chi connectivity index (χ4n) is 6.65. The monoisotopic (exact) mass is 594 g/mol. The standard InChI is InChI=1S/C33H40F2N4O4/c1-30(2,3)42-29(40)39(26-17-22(25(35)18-36-26)21-8-9-23(24(34)16-21)31(4,5)41)19-32-10-13-33(14-11-32,15-12-32)28-37-27(38-43-28)20-6-7-20/h8-9,16-18,20,41H,6-7,10-15,19H2,1-5H3. The molecule has 4 aliphatic carbocycles. The van der Waals surface area contributed by atoms with Crippen LogP contribution in [0.2, 0.25) is 0 Å². The maximum Gasteiger partial charge on any atom is 0.416 e. The highest BCUT2D eigenvalue weighted by Crippen LogP contribution is 2.58. The van der Waals surface area contributed by atoms with Gasteiger partial charge >= 0.3 is 6.09 Å². The third kappa shape index (κ3) is 5.90. The van der Waals surface area contributed by atoms with Gasteiger partial charge in [0, 0.05) is 29.0 Å². The first-order valence-corrected chi connectivity index (χ1v) is 15.2. The minimum atomic E-state index is -1.39. The van der Waals surface area contributed by atoms with Crippen molar-refractivity contribution in [1.29, 1.82) is 0 Å². The maximum atomic E-state index is 15.1. The Labute approximate surface area is 250 Å². The number of nitrogens with zero attached hydrogens (tertiary/aromatic N) is 4. The smallest absolute Gasteiger partial charge is 0.416 e. The number of carbonyl (C=O) groups is 1. The summed E-state index contributed by atoms with van der Waals surface area (Å²) in [5.41, 5.74) is -1.95. The number of pyridine rings is 1. The van der Waals surface area contributed by atoms with Crippen LogP contribution in [0.3, 0.4) is 0 Å². The Morgan fingerprint density at radius 3 is 2.30 bits per heavy atom. The molecule has 4 fully saturated rings. The molecule has 2 heterocycles. The number of benzene rings is 1. The van der Waals surface area contributed by atoms with Crippen molar-refractivity contribution in [2.45, 2.75) is 109 Å². The van der Waals surface area contributed by atoms with Crippen LogP contribution in [-0.4, -0.2) is 38.5 Å². The number of aromatic nitrogens is 3. The molecule has 43 heavy (non-hydrogen) atoms. The van der Waals surface area contributed by atoms with Gasteiger partial charge in [-0.15, -0.1) is 0 Å². The molecule has 2 bridgehead atoms. The number of halogens is 2. The molecule has 3 aromatic rings. The molecular weight excluding hydrogens is 554 g/mol. The summed E-state index contributed by atoms with van der Waals surface area (Å²) in [5.74, 6) is 0.956. The fourth-order valence-corrected chi connectivity index (χ4v) is 6.65. The molecule has 0 aliphatic heterocycles. The predicted molar refractivity (Wildman–Crippen MR) is 156 cm³/mol. The lowest BCUT2D eigenvalue weighted by Crippen LogP contribution is -2.51. The van der Waals surface area contributed by atoms with Gasteiger partial charge in [0.1, 0.15) is 23.1 Å². The van der Waals surface area contributed by atoms with Crippen LogP contribution in [0.4, 0.5) is 19.4 Å². The first-order valence-electron chi connectivity index (χ1n) is 15.2. The Kier molecular flexibility index (Phi) is 7.14. The fraction of sp³-hybridized carbons (Fsp3) is 0.576. The van der Waals surface area contributed by atoms with Gasteiger partial charge in [-0.3, -0.25) is 4.90 Å². The summed E-state index contributed by atoms with van der Waals surface area (Å²) in [6.45, 7) is 8.74. The van der Waals surface area contributed by atoms with Crippen LogP contribution >= 0.6 is 0 Å². The van der Waals surface area contributed by atoms with Gasteiger partial charge in [0.2, 0.25) is 5.89 Å². The molecule has 1 amide bonds. The van der Waals surface area contributed by atoms with E-state index in [1.54, 1.807) is 26.8 Å². The molecule has 0 saturated heterocycles. The first-order chi connectivity index (χ1) is 20.2. The maximum absolute atomic E-state index is 15.1. The zero-order valence-corrected chi connectivity index (χ0v) is 25.5. The molecule has 0 spiro atoms. The third-order valence-electron chi connectivity index (χ3n) is 9.40. The molecule has 4 saturated carbocycles. The van der Waals surface area contributed by atoms with Crippen molar-refractivity contribution in [3.8, 4) is 11.1 Å². The zero-order chi connectivity index (χ0) is 30.8. The second kappa shape index (κ2) is 10.4. The lowest BCUT2D eigenvalue weighted by Gasteiger charge is -2.52. The molecule has 1 N–H and O–H groups in total. The van der Waals surface area contributed by atoms with Crippen LogP contribution in [0, 0.1) is 17.0 Å². The van der Waals surface area contributed by atoms with Crippen molar-refractivity contribution >= 4 is 11.9 Å². The second-order valence-corrected chi connectivity index (χ2v) is 14.4. The van der Waals surface area contributed by atoms with E-state index >= 15 is 4.39 Å². The SMILES string of the molecule is CC(C)(C)OC(=O)N(CC12CCC(c3nc(C4CC4)no3)(CC1)CC2)c1cc(-c2ccc(C(C)(C)O)c(F)c2)c(F)cn1. The number of anilines is 1. The Morgan fingerprint density at radius 2 is 1.72 bits per heavy atom. The van der Waals surface area contributed by atoms with Crippen LogP contribution in [0.5, 0.6) is 0 Å². The summed E-state index contributed by atoms with van der Waals surface area (Å²) < 4.78 is 41.6. The molecule has 10 heteroatoms. The highest BCUT2D eigenvalue weighted by Gasteiger charge is 2.53. The zero-order valence-electron chi connectivity index (χ0n) is 25.5. The highest BCUT2D eigenvalue weighted by molar-refractivity contribution is 5.88. The molecule has 0 radical (unpaired) electrons. The number of aliphatic hydroxyl groups is 1. The number of fused-ring (bicyclic) bond motifs is 3. The van der Waals surface area contributed by atoms with Crippen LogP contribution in [0.25, 0.3) is 11.1 Å². The van der Waals surface area contributed by atoms with E-state index in [1.165, 1.54) is 36.9 Å². The van der Waals surface area contributed by atoms with Crippen molar-refractivity contribution in [3.05, 3.63) is 59.4 Å². The van der Waals surface area contributed by atoms with Gasteiger partial charge in [-0.1, -0.05) is 17.3 Å². The van der Waals surface area contributed by atoms with E-state index in [-0.39, 0.29) is 33.3 Å². The number of rotatable bonds is 7. The quantitative estimate of drug-likeness (QED) is 0.301. The molecule has 7 rings (SSSR count). The van der Waals surface area contributed by atoms with Gasteiger partial charge in [0.05, 0.1) is 11.8 Å². The van der Waals surface area contributed by atoms with E-state index < -0.39 is 28.9 Å². The average Bonchev–Trinajstić information content (AvgIpc) is 3.67. The summed E-state index contributed by atoms with van der Waals surface area (Å²) in [5, 5.41) is 14.5. The van der Waals surface area contributed by atoms with Crippen LogP contribution in [-0.2, 0) is 15.8 Å². The van der Waals surface area contributed by atoms with Crippen molar-refractivity contribution in [2.24, 2.45) is 5.41 Å². The topological polar surface area (TPSA) is 102 Å². The molecule has 230 valence electrons. The van der Waals surface area contributed by atoms with Crippen molar-refractivity contribution in [3.63, 3.8) is 0 Å². The van der Waals surface area contributed by atoms with Gasteiger partial charge in [0.15, 0.2) is 5.82 Å². The molecule has 2 aromatic heterocycles. The van der Waals surface area contributed by atoms with E-state index in [4.69, 9.17) is 14.2 Å². The molecular formula is C33H40F2N4O4. The van der Waals surface area contributed by atoms with Crippen LogP contribution in [0.15, 0.2) is 35.0 Å². The summed E-state index contributed by atoms with van der Waals surface area (Å²) in [7, 11) is 0. The Balaban J connectivity index is 1.28. The molecule has 0 atom stereocenters. The average molecular weight is 595 g/mol. The molecule has 1 aromatic carbocycles. The summed E-state index contributed by atoms with van der Waals surface area (Å²) in [6.07, 6.45) is 7.99. The van der Waals surface area contributed by atoms with Crippen LogP contribution < -0.4 is 4.90 Å². The normalized spacial score (nSPS) is 23.8. The lowest BCUT2D eigenvalue weighted by molar-refractivity contribution is 0.0218. The highest BCUT2D eigenvalue weighted by atomic mass is 19.1. The number of ether oxygens (including phenoxy) is 1. The summed E-state index contributed by atoms with van der Waals surface area (Å²) in [4.78, 5) is 24.3. The Hall–Kier alpha value is -3.40. The van der Waals surface area contributed by atoms with E-state index in [0.717, 1.165) is 69.3 Å². The summed E-state index contributed by atoms with van der Waals surface area (Å²) >= 11 is 0. The van der Waals surface area contributed by atoms with Crippen molar-refractivity contribution < 1.29 is 27.9 Å². The lowest BCUT2D eigenvalue weighted by atomic mass is 9.53. The van der Waals surface area contributed by atoms with Crippen molar-refractivity contribution in [2.75, 3.05) is 11.4 Å². The Bertz CT molecular complexity index is 1510. The number of amides is 1. The second-order valence-electron chi connectivity index (χ2n) is 14.4. The largest absolute Gasteiger partial charge is 0.443 e. The summed E-state index contributed by atoms with van der Waals surface area (Å²) in [6, 6.07) is 5.67. The van der Waals surface area contributed by atoms with Gasteiger partial charge in [0.25, 0.3) is 0 Å². The minimum absolute atomic E-state index is 0.103. The number of carbonyl (C=O) groups excluding carboxylic acids is 1. The van der Waals surface area contributed by atoms with Crippen molar-refractivity contribution in [1.82, 2.24) is 15.1 Å². The van der Waals surface area contributed by atoms with Gasteiger partial charge < -0.3 is 14.4 Å². The number of hydrogen-bond donors (Lipinski definition) is 1. The molecule has 4 aliphatic rings. The first kappa shape index (κ1) is 29.7. The van der Waals surface area contributed by atoms with Crippen LogP contribution in [0.1, 0.15) is 109 Å². The minimum Gasteiger partial charge on any atom is -0.443 e. The third-order valence-corrected chi connectivity index (χ3v) is 9.40. The van der Waals surface area contributed by atoms with E-state index in [2.05, 4.69) is 10.1 Å². The Morgan fingerprint density at radius 1 is 1.05 bits per heavy atom. The van der Waals surface area contributed by atoms with E-state index in [9.17, 15) is 14.3 Å². The molecule has 8 nitrogen and oxygen atoms in total. The van der Waals surface area contributed by atoms with E-state index in [0.29, 0.717) is 12.5 Å². The predicted octanol–water partition coefficient (Wildman–Crippen LogP) is 7.55.